The third kappa shape index (κ3) is 3.42. The van der Waals surface area contributed by atoms with Crippen LogP contribution in [0.15, 0.2) is 18.2 Å². The van der Waals surface area contributed by atoms with E-state index in [2.05, 4.69) is 5.32 Å². The Morgan fingerprint density at radius 2 is 2.29 bits per heavy atom. The second-order valence-electron chi connectivity index (χ2n) is 3.28. The largest absolute Gasteiger partial charge is 0.399 e. The molecule has 0 atom stereocenters. The van der Waals surface area contributed by atoms with Gasteiger partial charge >= 0.3 is 0 Å². The molecule has 0 bridgehead atoms. The molecular formula is C10H13N3O4. The van der Waals surface area contributed by atoms with Crippen molar-refractivity contribution in [1.82, 2.24) is 5.32 Å². The van der Waals surface area contributed by atoms with E-state index in [4.69, 9.17) is 10.5 Å². The van der Waals surface area contributed by atoms with E-state index in [0.29, 0.717) is 12.3 Å². The Hall–Kier alpha value is -2.15. The van der Waals surface area contributed by atoms with Gasteiger partial charge in [-0.15, -0.1) is 0 Å². The van der Waals surface area contributed by atoms with E-state index in [9.17, 15) is 14.9 Å². The zero-order valence-corrected chi connectivity index (χ0v) is 9.30. The first-order valence-corrected chi connectivity index (χ1v) is 4.87. The summed E-state index contributed by atoms with van der Waals surface area (Å²) < 4.78 is 4.76. The van der Waals surface area contributed by atoms with Gasteiger partial charge in [-0.05, 0) is 12.1 Å². The molecule has 7 heteroatoms. The van der Waals surface area contributed by atoms with Crippen LogP contribution in [-0.4, -0.2) is 31.1 Å². The Morgan fingerprint density at radius 3 is 2.88 bits per heavy atom. The van der Waals surface area contributed by atoms with Crippen molar-refractivity contribution in [3.05, 3.63) is 33.9 Å². The summed E-state index contributed by atoms with van der Waals surface area (Å²) in [5.74, 6) is -0.541. The van der Waals surface area contributed by atoms with Crippen LogP contribution in [0.25, 0.3) is 0 Å². The number of nitrogens with zero attached hydrogens (tertiary/aromatic N) is 1. The summed E-state index contributed by atoms with van der Waals surface area (Å²) in [5.41, 5.74) is 5.47. The maximum Gasteiger partial charge on any atom is 0.282 e. The van der Waals surface area contributed by atoms with E-state index < -0.39 is 10.8 Å². The Labute approximate surface area is 97.7 Å². The number of benzene rings is 1. The lowest BCUT2D eigenvalue weighted by Crippen LogP contribution is -2.27. The number of hydrogen-bond donors (Lipinski definition) is 2. The third-order valence-electron chi connectivity index (χ3n) is 2.05. The smallest absolute Gasteiger partial charge is 0.282 e. The Kier molecular flexibility index (Phi) is 4.41. The van der Waals surface area contributed by atoms with Crippen LogP contribution in [0.2, 0.25) is 0 Å². The van der Waals surface area contributed by atoms with Gasteiger partial charge in [0.1, 0.15) is 5.56 Å². The van der Waals surface area contributed by atoms with E-state index in [1.807, 2.05) is 0 Å². The van der Waals surface area contributed by atoms with Gasteiger partial charge in [-0.25, -0.2) is 0 Å². The number of nitrogens with two attached hydrogens (primary N) is 1. The monoisotopic (exact) mass is 239 g/mol. The van der Waals surface area contributed by atoms with Crippen molar-refractivity contribution in [1.29, 1.82) is 0 Å². The molecular weight excluding hydrogens is 226 g/mol. The molecule has 0 fully saturated rings. The van der Waals surface area contributed by atoms with Crippen molar-refractivity contribution in [2.75, 3.05) is 26.0 Å². The summed E-state index contributed by atoms with van der Waals surface area (Å²) in [7, 11) is 1.50. The van der Waals surface area contributed by atoms with Crippen LogP contribution in [0.4, 0.5) is 11.4 Å². The first-order chi connectivity index (χ1) is 8.06. The number of carbonyl (C=O) groups is 1. The number of anilines is 1. The van der Waals surface area contributed by atoms with Gasteiger partial charge in [0.2, 0.25) is 0 Å². The second-order valence-corrected chi connectivity index (χ2v) is 3.28. The number of nitrogens with one attached hydrogen (secondary N) is 1. The SMILES string of the molecule is COCCNC(=O)c1cc(N)ccc1[N+](=O)[O-]. The summed E-state index contributed by atoms with van der Waals surface area (Å²) >= 11 is 0. The number of ether oxygens (including phenoxy) is 1. The average Bonchev–Trinajstić information content (AvgIpc) is 2.28. The van der Waals surface area contributed by atoms with Gasteiger partial charge in [0.15, 0.2) is 0 Å². The maximum atomic E-state index is 11.7. The molecule has 1 rings (SSSR count). The van der Waals surface area contributed by atoms with E-state index in [1.165, 1.54) is 25.3 Å². The molecule has 0 saturated heterocycles. The van der Waals surface area contributed by atoms with E-state index >= 15 is 0 Å². The molecule has 0 aliphatic carbocycles. The number of rotatable bonds is 5. The number of nitro benzene ring substituents is 1. The van der Waals surface area contributed by atoms with Crippen molar-refractivity contribution in [2.45, 2.75) is 0 Å². The van der Waals surface area contributed by atoms with Gasteiger partial charge in [0, 0.05) is 25.4 Å². The van der Waals surface area contributed by atoms with Crippen molar-refractivity contribution < 1.29 is 14.5 Å². The molecule has 0 heterocycles. The molecule has 0 unspecified atom stereocenters. The molecule has 17 heavy (non-hydrogen) atoms. The molecule has 0 aromatic heterocycles. The third-order valence-corrected chi connectivity index (χ3v) is 2.05. The maximum absolute atomic E-state index is 11.7. The number of amides is 1. The second kappa shape index (κ2) is 5.80. The molecule has 0 spiro atoms. The van der Waals surface area contributed by atoms with Crippen LogP contribution >= 0.6 is 0 Å². The van der Waals surface area contributed by atoms with E-state index in [-0.39, 0.29) is 17.8 Å². The van der Waals surface area contributed by atoms with Crippen LogP contribution < -0.4 is 11.1 Å². The minimum Gasteiger partial charge on any atom is -0.399 e. The Morgan fingerprint density at radius 1 is 1.59 bits per heavy atom. The molecule has 1 aromatic rings. The molecule has 0 aliphatic rings. The zero-order chi connectivity index (χ0) is 12.8. The molecule has 1 aromatic carbocycles. The highest BCUT2D eigenvalue weighted by Gasteiger charge is 2.19. The summed E-state index contributed by atoms with van der Waals surface area (Å²) in [6, 6.07) is 3.87. The fourth-order valence-electron chi connectivity index (χ4n) is 1.26. The Balaban J connectivity index is 2.90. The molecule has 92 valence electrons. The molecule has 7 nitrogen and oxygen atoms in total. The molecule has 1 amide bonds. The fraction of sp³-hybridized carbons (Fsp3) is 0.300. The van der Waals surface area contributed by atoms with E-state index in [1.54, 1.807) is 0 Å². The van der Waals surface area contributed by atoms with Crippen LogP contribution in [0.5, 0.6) is 0 Å². The van der Waals surface area contributed by atoms with Crippen molar-refractivity contribution in [2.24, 2.45) is 0 Å². The summed E-state index contributed by atoms with van der Waals surface area (Å²) in [5, 5.41) is 13.2. The average molecular weight is 239 g/mol. The summed E-state index contributed by atoms with van der Waals surface area (Å²) in [6.45, 7) is 0.614. The summed E-state index contributed by atoms with van der Waals surface area (Å²) in [4.78, 5) is 21.8. The number of carbonyl (C=O) groups excluding carboxylic acids is 1. The normalized spacial score (nSPS) is 9.94. The van der Waals surface area contributed by atoms with Gasteiger partial charge in [-0.2, -0.15) is 0 Å². The lowest BCUT2D eigenvalue weighted by Gasteiger charge is -2.05. The topological polar surface area (TPSA) is 107 Å². The number of nitrogen functional groups attached to an aromatic ring is 1. The summed E-state index contributed by atoms with van der Waals surface area (Å²) in [6.07, 6.45) is 0. The number of nitro groups is 1. The van der Waals surface area contributed by atoms with Crippen molar-refractivity contribution >= 4 is 17.3 Å². The highest BCUT2D eigenvalue weighted by atomic mass is 16.6. The zero-order valence-electron chi connectivity index (χ0n) is 9.30. The van der Waals surface area contributed by atoms with Gasteiger partial charge < -0.3 is 15.8 Å². The number of methoxy groups -OCH3 is 1. The predicted molar refractivity (Wildman–Crippen MR) is 61.7 cm³/mol. The lowest BCUT2D eigenvalue weighted by atomic mass is 10.1. The molecule has 0 radical (unpaired) electrons. The van der Waals surface area contributed by atoms with Crippen molar-refractivity contribution in [3.63, 3.8) is 0 Å². The number of hydrogen-bond acceptors (Lipinski definition) is 5. The van der Waals surface area contributed by atoms with Crippen LogP contribution in [0.3, 0.4) is 0 Å². The van der Waals surface area contributed by atoms with Gasteiger partial charge in [-0.3, -0.25) is 14.9 Å². The quantitative estimate of drug-likeness (QED) is 0.337. The fourth-order valence-corrected chi connectivity index (χ4v) is 1.26. The lowest BCUT2D eigenvalue weighted by molar-refractivity contribution is -0.385. The predicted octanol–water partition coefficient (Wildman–Crippen LogP) is 0.553. The Bertz CT molecular complexity index is 434. The van der Waals surface area contributed by atoms with Crippen LogP contribution in [-0.2, 0) is 4.74 Å². The molecule has 0 aliphatic heterocycles. The van der Waals surface area contributed by atoms with Crippen molar-refractivity contribution in [3.8, 4) is 0 Å². The van der Waals surface area contributed by atoms with Crippen LogP contribution in [0, 0.1) is 10.1 Å². The standard InChI is InChI=1S/C10H13N3O4/c1-17-5-4-12-10(14)8-6-7(11)2-3-9(8)13(15)16/h2-3,6H,4-5,11H2,1H3,(H,12,14). The van der Waals surface area contributed by atoms with Gasteiger partial charge in [0.05, 0.1) is 11.5 Å². The highest BCUT2D eigenvalue weighted by molar-refractivity contribution is 5.99. The van der Waals surface area contributed by atoms with Crippen LogP contribution in [0.1, 0.15) is 10.4 Å². The van der Waals surface area contributed by atoms with Gasteiger partial charge in [0.25, 0.3) is 11.6 Å². The van der Waals surface area contributed by atoms with Gasteiger partial charge in [-0.1, -0.05) is 0 Å². The first kappa shape index (κ1) is 12.9. The highest BCUT2D eigenvalue weighted by Crippen LogP contribution is 2.20. The minimum absolute atomic E-state index is 0.0499. The molecule has 3 N–H and O–H groups in total. The molecule has 0 saturated carbocycles. The van der Waals surface area contributed by atoms with E-state index in [0.717, 1.165) is 0 Å². The minimum atomic E-state index is -0.620. The first-order valence-electron chi connectivity index (χ1n) is 4.87.